The van der Waals surface area contributed by atoms with Crippen LogP contribution in [0.25, 0.3) is 22.5 Å². The van der Waals surface area contributed by atoms with Crippen molar-refractivity contribution >= 4 is 5.71 Å². The molecule has 1 unspecified atom stereocenters. The Bertz CT molecular complexity index is 888. The first-order valence-corrected chi connectivity index (χ1v) is 8.43. The van der Waals surface area contributed by atoms with E-state index in [9.17, 15) is 0 Å². The lowest BCUT2D eigenvalue weighted by Gasteiger charge is -2.08. The van der Waals surface area contributed by atoms with Gasteiger partial charge in [0, 0.05) is 36.1 Å². The molecule has 3 heterocycles. The molecule has 126 valence electrons. The molecule has 0 bridgehead atoms. The van der Waals surface area contributed by atoms with Crippen LogP contribution in [0.1, 0.15) is 19.8 Å². The number of rotatable bonds is 5. The summed E-state index contributed by atoms with van der Waals surface area (Å²) in [6.07, 6.45) is 9.02. The largest absolute Gasteiger partial charge is 0.390 e. The maximum absolute atomic E-state index is 5.46. The summed E-state index contributed by atoms with van der Waals surface area (Å²) in [7, 11) is 0. The van der Waals surface area contributed by atoms with Gasteiger partial charge in [0.05, 0.1) is 29.8 Å². The highest BCUT2D eigenvalue weighted by Gasteiger charge is 2.20. The Balaban J connectivity index is 1.51. The van der Waals surface area contributed by atoms with Gasteiger partial charge in [0.25, 0.3) is 0 Å². The molecule has 1 aliphatic heterocycles. The van der Waals surface area contributed by atoms with Crippen molar-refractivity contribution in [3.8, 4) is 22.5 Å². The molecule has 25 heavy (non-hydrogen) atoms. The molecule has 0 spiro atoms. The predicted molar refractivity (Wildman–Crippen MR) is 95.9 cm³/mol. The summed E-state index contributed by atoms with van der Waals surface area (Å²) in [5.41, 5.74) is 4.99. The lowest BCUT2D eigenvalue weighted by Crippen LogP contribution is -2.16. The van der Waals surface area contributed by atoms with Crippen LogP contribution in [0, 0.1) is 0 Å². The minimum atomic E-state index is 0.0774. The summed E-state index contributed by atoms with van der Waals surface area (Å²) in [6.45, 7) is 2.80. The fourth-order valence-electron chi connectivity index (χ4n) is 2.91. The van der Waals surface area contributed by atoms with Gasteiger partial charge in [0.2, 0.25) is 0 Å². The summed E-state index contributed by atoms with van der Waals surface area (Å²) < 4.78 is 1.92. The van der Waals surface area contributed by atoms with Crippen molar-refractivity contribution in [3.63, 3.8) is 0 Å². The fraction of sp³-hybridized carbons (Fsp3) is 0.263. The molecule has 0 fully saturated rings. The lowest BCUT2D eigenvalue weighted by atomic mass is 10.1. The van der Waals surface area contributed by atoms with E-state index in [-0.39, 0.29) is 6.10 Å². The molecule has 4 rings (SSSR count). The van der Waals surface area contributed by atoms with Crippen molar-refractivity contribution in [1.82, 2.24) is 19.7 Å². The Morgan fingerprint density at radius 3 is 2.80 bits per heavy atom. The summed E-state index contributed by atoms with van der Waals surface area (Å²) in [4.78, 5) is 14.0. The highest BCUT2D eigenvalue weighted by atomic mass is 16.6. The molecule has 0 saturated heterocycles. The van der Waals surface area contributed by atoms with E-state index in [1.54, 1.807) is 18.6 Å². The molecule has 1 aromatic carbocycles. The summed E-state index contributed by atoms with van der Waals surface area (Å²) in [5, 5.41) is 8.78. The van der Waals surface area contributed by atoms with Crippen LogP contribution in [0.4, 0.5) is 0 Å². The topological polar surface area (TPSA) is 65.2 Å². The van der Waals surface area contributed by atoms with Crippen molar-refractivity contribution in [2.24, 2.45) is 5.16 Å². The number of benzene rings is 1. The van der Waals surface area contributed by atoms with Crippen LogP contribution >= 0.6 is 0 Å². The monoisotopic (exact) mass is 333 g/mol. The second-order valence-electron chi connectivity index (χ2n) is 6.04. The van der Waals surface area contributed by atoms with Crippen LogP contribution < -0.4 is 0 Å². The van der Waals surface area contributed by atoms with E-state index in [0.29, 0.717) is 6.54 Å². The summed E-state index contributed by atoms with van der Waals surface area (Å²) in [5.74, 6) is 0. The van der Waals surface area contributed by atoms with Crippen molar-refractivity contribution in [2.45, 2.75) is 32.4 Å². The first-order valence-electron chi connectivity index (χ1n) is 8.43. The Hall–Kier alpha value is -3.02. The number of nitrogens with zero attached hydrogens (tertiary/aromatic N) is 5. The van der Waals surface area contributed by atoms with Crippen molar-refractivity contribution in [2.75, 3.05) is 0 Å². The molecular formula is C19H19N5O. The Kier molecular flexibility index (Phi) is 4.24. The zero-order chi connectivity index (χ0) is 17.1. The number of hydrogen-bond donors (Lipinski definition) is 0. The molecule has 0 amide bonds. The standard InChI is InChI=1S/C19H19N5O/c1-2-16-11-17(25-23-16)13-24-9-6-18(22-24)14-4-3-5-15(10-14)19-12-20-7-8-21-19/h3-10,12,17H,2,11,13H2,1H3. The van der Waals surface area contributed by atoms with Gasteiger partial charge in [-0.15, -0.1) is 0 Å². The van der Waals surface area contributed by atoms with Gasteiger partial charge in [-0.3, -0.25) is 14.6 Å². The summed E-state index contributed by atoms with van der Waals surface area (Å²) in [6, 6.07) is 10.2. The predicted octanol–water partition coefficient (Wildman–Crippen LogP) is 3.56. The highest BCUT2D eigenvalue weighted by Crippen LogP contribution is 2.24. The van der Waals surface area contributed by atoms with Crippen LogP contribution in [0.3, 0.4) is 0 Å². The normalized spacial score (nSPS) is 16.5. The molecule has 0 saturated carbocycles. The zero-order valence-electron chi connectivity index (χ0n) is 14.0. The number of hydrogen-bond acceptors (Lipinski definition) is 5. The minimum Gasteiger partial charge on any atom is -0.390 e. The Morgan fingerprint density at radius 1 is 1.16 bits per heavy atom. The van der Waals surface area contributed by atoms with Crippen LogP contribution in [0.2, 0.25) is 0 Å². The van der Waals surface area contributed by atoms with E-state index in [4.69, 9.17) is 4.84 Å². The maximum Gasteiger partial charge on any atom is 0.152 e. The van der Waals surface area contributed by atoms with Crippen LogP contribution in [-0.2, 0) is 11.4 Å². The minimum absolute atomic E-state index is 0.0774. The fourth-order valence-corrected chi connectivity index (χ4v) is 2.91. The molecule has 6 nitrogen and oxygen atoms in total. The Morgan fingerprint density at radius 2 is 2.04 bits per heavy atom. The molecule has 6 heteroatoms. The van der Waals surface area contributed by atoms with E-state index in [1.165, 1.54) is 0 Å². The first-order chi connectivity index (χ1) is 12.3. The van der Waals surface area contributed by atoms with Gasteiger partial charge in [-0.2, -0.15) is 5.10 Å². The van der Waals surface area contributed by atoms with E-state index < -0.39 is 0 Å². The molecule has 1 aliphatic rings. The van der Waals surface area contributed by atoms with Crippen molar-refractivity contribution in [3.05, 3.63) is 55.1 Å². The van der Waals surface area contributed by atoms with Crippen LogP contribution in [0.15, 0.2) is 60.3 Å². The third-order valence-corrected chi connectivity index (χ3v) is 4.25. The molecule has 1 atom stereocenters. The van der Waals surface area contributed by atoms with E-state index in [2.05, 4.69) is 39.3 Å². The van der Waals surface area contributed by atoms with Gasteiger partial charge in [0.15, 0.2) is 6.10 Å². The third kappa shape index (κ3) is 3.42. The van der Waals surface area contributed by atoms with Gasteiger partial charge >= 0.3 is 0 Å². The third-order valence-electron chi connectivity index (χ3n) is 4.25. The molecule has 3 aromatic rings. The quantitative estimate of drug-likeness (QED) is 0.716. The highest BCUT2D eigenvalue weighted by molar-refractivity contribution is 5.85. The second-order valence-corrected chi connectivity index (χ2v) is 6.04. The summed E-state index contributed by atoms with van der Waals surface area (Å²) >= 11 is 0. The first kappa shape index (κ1) is 15.5. The lowest BCUT2D eigenvalue weighted by molar-refractivity contribution is 0.0698. The Labute approximate surface area is 146 Å². The molecule has 2 aromatic heterocycles. The van der Waals surface area contributed by atoms with E-state index in [1.807, 2.05) is 29.1 Å². The number of oxime groups is 1. The van der Waals surface area contributed by atoms with Crippen molar-refractivity contribution < 1.29 is 4.84 Å². The van der Waals surface area contributed by atoms with Crippen LogP contribution in [0.5, 0.6) is 0 Å². The van der Waals surface area contributed by atoms with Crippen molar-refractivity contribution in [1.29, 1.82) is 0 Å². The van der Waals surface area contributed by atoms with E-state index >= 15 is 0 Å². The van der Waals surface area contributed by atoms with Gasteiger partial charge in [-0.05, 0) is 18.6 Å². The molecular weight excluding hydrogens is 314 g/mol. The van der Waals surface area contributed by atoms with E-state index in [0.717, 1.165) is 41.1 Å². The van der Waals surface area contributed by atoms with Gasteiger partial charge in [-0.25, -0.2) is 0 Å². The zero-order valence-corrected chi connectivity index (χ0v) is 14.0. The smallest absolute Gasteiger partial charge is 0.152 e. The average molecular weight is 333 g/mol. The van der Waals surface area contributed by atoms with Gasteiger partial charge in [-0.1, -0.05) is 30.3 Å². The number of aromatic nitrogens is 4. The average Bonchev–Trinajstić information content (AvgIpc) is 3.32. The molecule has 0 N–H and O–H groups in total. The van der Waals surface area contributed by atoms with Crippen LogP contribution in [-0.4, -0.2) is 31.6 Å². The maximum atomic E-state index is 5.46. The second kappa shape index (κ2) is 6.84. The molecule has 0 aliphatic carbocycles. The SMILES string of the molecule is CCC1=NOC(Cn2ccc(-c3cccc(-c4cnccn4)c3)n2)C1. The molecule has 0 radical (unpaired) electrons. The van der Waals surface area contributed by atoms with Gasteiger partial charge < -0.3 is 4.84 Å². The van der Waals surface area contributed by atoms with Gasteiger partial charge in [0.1, 0.15) is 0 Å².